The molecule has 0 spiro atoms. The molecular formula is C23H28N2O2S. The van der Waals surface area contributed by atoms with Crippen molar-refractivity contribution in [2.45, 2.75) is 29.1 Å². The van der Waals surface area contributed by atoms with Crippen LogP contribution in [0.1, 0.15) is 44.7 Å². The van der Waals surface area contributed by atoms with Crippen molar-refractivity contribution < 1.29 is 9.59 Å². The highest BCUT2D eigenvalue weighted by Gasteiger charge is 2.19. The maximum atomic E-state index is 12.5. The summed E-state index contributed by atoms with van der Waals surface area (Å²) in [6.07, 6.45) is 1.82. The van der Waals surface area contributed by atoms with Crippen molar-refractivity contribution in [2.75, 3.05) is 41.3 Å². The molecule has 0 unspecified atom stereocenters. The number of carbonyl (C=O) groups is 2. The maximum Gasteiger partial charge on any atom is 0.164 e. The molecule has 0 saturated heterocycles. The summed E-state index contributed by atoms with van der Waals surface area (Å²) in [6, 6.07) is 12.1. The minimum Gasteiger partial charge on any atom is -0.309 e. The van der Waals surface area contributed by atoms with E-state index in [4.69, 9.17) is 0 Å². The van der Waals surface area contributed by atoms with Gasteiger partial charge in [-0.05, 0) is 70.0 Å². The second-order valence-electron chi connectivity index (χ2n) is 7.88. The highest BCUT2D eigenvalue weighted by molar-refractivity contribution is 7.99. The van der Waals surface area contributed by atoms with E-state index in [1.165, 1.54) is 20.9 Å². The Labute approximate surface area is 171 Å². The molecule has 2 aromatic rings. The summed E-state index contributed by atoms with van der Waals surface area (Å²) in [5.41, 5.74) is 3.91. The molecule has 1 heterocycles. The van der Waals surface area contributed by atoms with Gasteiger partial charge in [-0.25, -0.2) is 0 Å². The molecule has 0 saturated carbocycles. The van der Waals surface area contributed by atoms with Gasteiger partial charge in [0.15, 0.2) is 11.6 Å². The predicted molar refractivity (Wildman–Crippen MR) is 115 cm³/mol. The number of ketones is 2. The van der Waals surface area contributed by atoms with Gasteiger partial charge in [0.05, 0.1) is 0 Å². The van der Waals surface area contributed by atoms with Crippen LogP contribution in [-0.4, -0.2) is 62.6 Å². The SMILES string of the molecule is CN(C)CCC(=O)c1ccc2c(c1)Cc1cc(C(=O)CCN(C)C)ccc1S2. The van der Waals surface area contributed by atoms with Crippen LogP contribution in [0.5, 0.6) is 0 Å². The third-order valence-corrected chi connectivity index (χ3v) is 6.17. The molecule has 5 heteroatoms. The molecule has 0 amide bonds. The smallest absolute Gasteiger partial charge is 0.164 e. The maximum absolute atomic E-state index is 12.5. The second-order valence-corrected chi connectivity index (χ2v) is 8.96. The van der Waals surface area contributed by atoms with Crippen molar-refractivity contribution in [1.82, 2.24) is 9.80 Å². The molecule has 0 fully saturated rings. The molecule has 2 aromatic carbocycles. The van der Waals surface area contributed by atoms with Crippen molar-refractivity contribution >= 4 is 23.3 Å². The second kappa shape index (κ2) is 9.03. The Morgan fingerprint density at radius 3 is 1.61 bits per heavy atom. The number of hydrogen-bond acceptors (Lipinski definition) is 5. The molecule has 28 heavy (non-hydrogen) atoms. The minimum atomic E-state index is 0.180. The molecule has 0 aliphatic carbocycles. The van der Waals surface area contributed by atoms with E-state index >= 15 is 0 Å². The first kappa shape index (κ1) is 20.8. The summed E-state index contributed by atoms with van der Waals surface area (Å²) in [4.78, 5) is 31.4. The number of Topliss-reactive ketones (excluding diaryl/α,β-unsaturated/α-hetero) is 2. The van der Waals surface area contributed by atoms with Crippen LogP contribution in [0.2, 0.25) is 0 Å². The fourth-order valence-corrected chi connectivity index (χ4v) is 4.28. The monoisotopic (exact) mass is 396 g/mol. The van der Waals surface area contributed by atoms with Gasteiger partial charge in [-0.15, -0.1) is 0 Å². The zero-order chi connectivity index (χ0) is 20.3. The number of carbonyl (C=O) groups excluding carboxylic acids is 2. The van der Waals surface area contributed by atoms with E-state index in [0.717, 1.165) is 30.6 Å². The van der Waals surface area contributed by atoms with Gasteiger partial charge in [0.1, 0.15) is 0 Å². The minimum absolute atomic E-state index is 0.180. The van der Waals surface area contributed by atoms with Crippen molar-refractivity contribution in [3.63, 3.8) is 0 Å². The van der Waals surface area contributed by atoms with Crippen LogP contribution in [0.4, 0.5) is 0 Å². The molecule has 1 aliphatic rings. The first-order valence-electron chi connectivity index (χ1n) is 9.63. The number of fused-ring (bicyclic) bond motifs is 2. The van der Waals surface area contributed by atoms with Crippen LogP contribution in [0.3, 0.4) is 0 Å². The Hall–Kier alpha value is -1.95. The van der Waals surface area contributed by atoms with Gasteiger partial charge in [-0.3, -0.25) is 9.59 Å². The van der Waals surface area contributed by atoms with E-state index in [-0.39, 0.29) is 11.6 Å². The van der Waals surface area contributed by atoms with E-state index in [9.17, 15) is 9.59 Å². The first-order valence-corrected chi connectivity index (χ1v) is 10.4. The average Bonchev–Trinajstić information content (AvgIpc) is 2.67. The summed E-state index contributed by atoms with van der Waals surface area (Å²) in [7, 11) is 7.91. The zero-order valence-corrected chi connectivity index (χ0v) is 17.9. The Balaban J connectivity index is 1.77. The molecule has 0 bridgehead atoms. The number of nitrogens with zero attached hydrogens (tertiary/aromatic N) is 2. The first-order chi connectivity index (χ1) is 13.3. The van der Waals surface area contributed by atoms with Crippen molar-refractivity contribution in [1.29, 1.82) is 0 Å². The van der Waals surface area contributed by atoms with Crippen LogP contribution in [-0.2, 0) is 6.42 Å². The van der Waals surface area contributed by atoms with Gasteiger partial charge in [-0.2, -0.15) is 0 Å². The Morgan fingerprint density at radius 2 is 1.21 bits per heavy atom. The molecule has 4 nitrogen and oxygen atoms in total. The molecule has 0 radical (unpaired) electrons. The third-order valence-electron chi connectivity index (χ3n) is 4.94. The van der Waals surface area contributed by atoms with Crippen LogP contribution in [0.15, 0.2) is 46.2 Å². The zero-order valence-electron chi connectivity index (χ0n) is 17.1. The molecule has 0 atom stereocenters. The summed E-state index contributed by atoms with van der Waals surface area (Å²) < 4.78 is 0. The highest BCUT2D eigenvalue weighted by atomic mass is 32.2. The van der Waals surface area contributed by atoms with Gasteiger partial charge < -0.3 is 9.80 Å². The largest absolute Gasteiger partial charge is 0.309 e. The normalized spacial score (nSPS) is 12.8. The molecule has 3 rings (SSSR count). The van der Waals surface area contributed by atoms with E-state index in [0.29, 0.717) is 12.8 Å². The standard InChI is InChI=1S/C23H28N2O2S/c1-24(2)11-9-20(26)16-5-7-22-18(13-16)15-19-14-17(6-8-23(19)28-22)21(27)10-12-25(3)4/h5-8,13-14H,9-12,15H2,1-4H3. The topological polar surface area (TPSA) is 40.6 Å². The number of benzene rings is 2. The van der Waals surface area contributed by atoms with Crippen LogP contribution in [0, 0.1) is 0 Å². The summed E-state index contributed by atoms with van der Waals surface area (Å²) in [5, 5.41) is 0. The summed E-state index contributed by atoms with van der Waals surface area (Å²) in [5.74, 6) is 0.361. The van der Waals surface area contributed by atoms with E-state index in [1.54, 1.807) is 11.8 Å². The number of rotatable bonds is 8. The summed E-state index contributed by atoms with van der Waals surface area (Å²) in [6.45, 7) is 1.51. The predicted octanol–water partition coefficient (Wildman–Crippen LogP) is 4.01. The van der Waals surface area contributed by atoms with E-state index in [1.807, 2.05) is 62.3 Å². The van der Waals surface area contributed by atoms with Crippen molar-refractivity contribution in [3.05, 3.63) is 58.7 Å². The van der Waals surface area contributed by atoms with Gasteiger partial charge in [0.25, 0.3) is 0 Å². The van der Waals surface area contributed by atoms with Crippen LogP contribution >= 0.6 is 11.8 Å². The van der Waals surface area contributed by atoms with Crippen molar-refractivity contribution in [2.24, 2.45) is 0 Å². The van der Waals surface area contributed by atoms with Crippen LogP contribution in [0.25, 0.3) is 0 Å². The summed E-state index contributed by atoms with van der Waals surface area (Å²) >= 11 is 1.72. The molecule has 0 N–H and O–H groups in total. The van der Waals surface area contributed by atoms with Crippen LogP contribution < -0.4 is 0 Å². The fraction of sp³-hybridized carbons (Fsp3) is 0.391. The quantitative estimate of drug-likeness (QED) is 0.538. The van der Waals surface area contributed by atoms with Gasteiger partial charge in [-0.1, -0.05) is 23.9 Å². The number of hydrogen-bond donors (Lipinski definition) is 0. The lowest BCUT2D eigenvalue weighted by Gasteiger charge is -2.20. The molecule has 148 valence electrons. The Kier molecular flexibility index (Phi) is 6.70. The lowest BCUT2D eigenvalue weighted by Crippen LogP contribution is -2.17. The lowest BCUT2D eigenvalue weighted by atomic mass is 9.97. The average molecular weight is 397 g/mol. The fourth-order valence-electron chi connectivity index (χ4n) is 3.24. The third kappa shape index (κ3) is 5.10. The Bertz CT molecular complexity index is 819. The van der Waals surface area contributed by atoms with Gasteiger partial charge >= 0.3 is 0 Å². The highest BCUT2D eigenvalue weighted by Crippen LogP contribution is 2.40. The van der Waals surface area contributed by atoms with Crippen molar-refractivity contribution in [3.8, 4) is 0 Å². The van der Waals surface area contributed by atoms with Gasteiger partial charge in [0, 0.05) is 46.8 Å². The Morgan fingerprint density at radius 1 is 0.786 bits per heavy atom. The lowest BCUT2D eigenvalue weighted by molar-refractivity contribution is 0.0964. The molecule has 1 aliphatic heterocycles. The van der Waals surface area contributed by atoms with E-state index in [2.05, 4.69) is 12.1 Å². The van der Waals surface area contributed by atoms with Gasteiger partial charge in [0.2, 0.25) is 0 Å². The molecule has 0 aromatic heterocycles. The van der Waals surface area contributed by atoms with E-state index < -0.39 is 0 Å². The molecular weight excluding hydrogens is 368 g/mol.